The zero-order valence-corrected chi connectivity index (χ0v) is 19.2. The summed E-state index contributed by atoms with van der Waals surface area (Å²) in [4.78, 5) is 18.2. The maximum atomic E-state index is 13.7. The van der Waals surface area contributed by atoms with Gasteiger partial charge in [0.05, 0.1) is 12.2 Å². The molecular formula is C21H24F3IN4O2. The number of benzene rings is 2. The number of carbonyl (C=O) groups is 1. The second-order valence-corrected chi connectivity index (χ2v) is 6.79. The van der Waals surface area contributed by atoms with Crippen molar-refractivity contribution < 1.29 is 22.7 Å². The predicted octanol–water partition coefficient (Wildman–Crippen LogP) is 3.78. The van der Waals surface area contributed by atoms with E-state index < -0.39 is 29.0 Å². The lowest BCUT2D eigenvalue weighted by Gasteiger charge is -2.34. The van der Waals surface area contributed by atoms with Crippen LogP contribution in [0.2, 0.25) is 0 Å². The van der Waals surface area contributed by atoms with Crippen LogP contribution in [0.3, 0.4) is 0 Å². The van der Waals surface area contributed by atoms with Gasteiger partial charge in [-0.3, -0.25) is 9.79 Å². The number of anilines is 1. The third kappa shape index (κ3) is 6.74. The van der Waals surface area contributed by atoms with Gasteiger partial charge in [0.25, 0.3) is 0 Å². The van der Waals surface area contributed by atoms with E-state index in [1.807, 2.05) is 35.2 Å². The lowest BCUT2D eigenvalue weighted by molar-refractivity contribution is -0.115. The molecule has 3 rings (SSSR count). The summed E-state index contributed by atoms with van der Waals surface area (Å²) in [5.41, 5.74) is -0.422. The molecule has 0 radical (unpaired) electrons. The van der Waals surface area contributed by atoms with Crippen molar-refractivity contribution in [1.82, 2.24) is 10.2 Å². The SMILES string of the molecule is CN=C(NCC(=O)Nc1ccc(F)c(F)c1F)N1CCC(Oc2ccccc2)CC1.I. The van der Waals surface area contributed by atoms with Crippen LogP contribution in [0.15, 0.2) is 47.5 Å². The molecule has 0 aromatic heterocycles. The number of guanidine groups is 1. The first-order valence-corrected chi connectivity index (χ1v) is 9.58. The molecule has 1 fully saturated rings. The highest BCUT2D eigenvalue weighted by Crippen LogP contribution is 2.20. The number of carbonyl (C=O) groups excluding carboxylic acids is 1. The van der Waals surface area contributed by atoms with Crippen molar-refractivity contribution in [2.24, 2.45) is 4.99 Å². The van der Waals surface area contributed by atoms with Crippen molar-refractivity contribution in [3.05, 3.63) is 59.9 Å². The first-order valence-electron chi connectivity index (χ1n) is 9.58. The summed E-state index contributed by atoms with van der Waals surface area (Å²) in [7, 11) is 1.60. The van der Waals surface area contributed by atoms with Gasteiger partial charge in [-0.15, -0.1) is 24.0 Å². The Bertz CT molecular complexity index is 907. The summed E-state index contributed by atoms with van der Waals surface area (Å²) >= 11 is 0. The van der Waals surface area contributed by atoms with Crippen LogP contribution in [0.25, 0.3) is 0 Å². The first-order chi connectivity index (χ1) is 14.5. The number of rotatable bonds is 5. The second-order valence-electron chi connectivity index (χ2n) is 6.79. The number of nitrogens with one attached hydrogen (secondary N) is 2. The maximum absolute atomic E-state index is 13.7. The van der Waals surface area contributed by atoms with Gasteiger partial charge >= 0.3 is 0 Å². The highest BCUT2D eigenvalue weighted by molar-refractivity contribution is 14.0. The fraction of sp³-hybridized carbons (Fsp3) is 0.333. The Kier molecular flexibility index (Phi) is 9.41. The average molecular weight is 548 g/mol. The Morgan fingerprint density at radius 2 is 1.77 bits per heavy atom. The number of piperidine rings is 1. The molecule has 0 unspecified atom stereocenters. The third-order valence-corrected chi connectivity index (χ3v) is 4.72. The van der Waals surface area contributed by atoms with E-state index in [0.29, 0.717) is 19.0 Å². The largest absolute Gasteiger partial charge is 0.490 e. The molecular weight excluding hydrogens is 524 g/mol. The lowest BCUT2D eigenvalue weighted by atomic mass is 10.1. The monoisotopic (exact) mass is 548 g/mol. The molecule has 2 aromatic carbocycles. The number of amides is 1. The molecule has 0 aliphatic carbocycles. The molecule has 168 valence electrons. The molecule has 1 amide bonds. The highest BCUT2D eigenvalue weighted by Gasteiger charge is 2.23. The smallest absolute Gasteiger partial charge is 0.243 e. The number of hydrogen-bond donors (Lipinski definition) is 2. The van der Waals surface area contributed by atoms with Gasteiger partial charge in [-0.1, -0.05) is 18.2 Å². The van der Waals surface area contributed by atoms with Crippen molar-refractivity contribution in [3.8, 4) is 5.75 Å². The summed E-state index contributed by atoms with van der Waals surface area (Å²) in [5, 5.41) is 5.12. The van der Waals surface area contributed by atoms with Crippen LogP contribution in [0, 0.1) is 17.5 Å². The van der Waals surface area contributed by atoms with Gasteiger partial charge < -0.3 is 20.3 Å². The number of aliphatic imine (C=N–C) groups is 1. The Hall–Kier alpha value is -2.50. The summed E-state index contributed by atoms with van der Waals surface area (Å²) in [6.45, 7) is 1.18. The number of halogens is 4. The first kappa shape index (κ1) is 24.8. The Balaban J connectivity index is 0.00000341. The zero-order chi connectivity index (χ0) is 21.5. The quantitative estimate of drug-likeness (QED) is 0.259. The molecule has 6 nitrogen and oxygen atoms in total. The Morgan fingerprint density at radius 3 is 2.42 bits per heavy atom. The summed E-state index contributed by atoms with van der Waals surface area (Å²) in [6.07, 6.45) is 1.69. The van der Waals surface area contributed by atoms with Gasteiger partial charge in [0.1, 0.15) is 11.9 Å². The van der Waals surface area contributed by atoms with Gasteiger partial charge in [-0.05, 0) is 24.3 Å². The van der Waals surface area contributed by atoms with Crippen molar-refractivity contribution in [2.45, 2.75) is 18.9 Å². The van der Waals surface area contributed by atoms with E-state index in [1.54, 1.807) is 7.05 Å². The topological polar surface area (TPSA) is 66.0 Å². The van der Waals surface area contributed by atoms with Crippen LogP contribution >= 0.6 is 24.0 Å². The molecule has 2 N–H and O–H groups in total. The van der Waals surface area contributed by atoms with Crippen LogP contribution in [0.5, 0.6) is 5.75 Å². The van der Waals surface area contributed by atoms with E-state index in [4.69, 9.17) is 4.74 Å². The van der Waals surface area contributed by atoms with Gasteiger partial charge in [0.15, 0.2) is 23.4 Å². The molecule has 0 spiro atoms. The standard InChI is InChI=1S/C21H23F3N4O2.HI/c1-25-21(26-13-18(29)27-17-8-7-16(22)19(23)20(17)24)28-11-9-15(10-12-28)30-14-5-3-2-4-6-14;/h2-8,15H,9-13H2,1H3,(H,25,26)(H,27,29);1H. The van der Waals surface area contributed by atoms with E-state index in [9.17, 15) is 18.0 Å². The van der Waals surface area contributed by atoms with Gasteiger partial charge in [-0.25, -0.2) is 13.2 Å². The Labute approximate surface area is 195 Å². The molecule has 31 heavy (non-hydrogen) atoms. The van der Waals surface area contributed by atoms with Gasteiger partial charge in [-0.2, -0.15) is 0 Å². The second kappa shape index (κ2) is 11.8. The molecule has 0 atom stereocenters. The van der Waals surface area contributed by atoms with Crippen LogP contribution in [-0.2, 0) is 4.79 Å². The number of ether oxygens (including phenoxy) is 1. The van der Waals surface area contributed by atoms with Crippen molar-refractivity contribution in [3.63, 3.8) is 0 Å². The zero-order valence-electron chi connectivity index (χ0n) is 16.9. The van der Waals surface area contributed by atoms with Crippen LogP contribution in [0.4, 0.5) is 18.9 Å². The average Bonchev–Trinajstić information content (AvgIpc) is 2.76. The molecule has 2 aromatic rings. The third-order valence-electron chi connectivity index (χ3n) is 4.72. The number of hydrogen-bond acceptors (Lipinski definition) is 3. The number of likely N-dealkylation sites (tertiary alicyclic amines) is 1. The van der Waals surface area contributed by atoms with E-state index >= 15 is 0 Å². The fourth-order valence-electron chi connectivity index (χ4n) is 3.19. The van der Waals surface area contributed by atoms with Crippen LogP contribution in [-0.4, -0.2) is 49.6 Å². The maximum Gasteiger partial charge on any atom is 0.243 e. The Morgan fingerprint density at radius 1 is 1.10 bits per heavy atom. The highest BCUT2D eigenvalue weighted by atomic mass is 127. The summed E-state index contributed by atoms with van der Waals surface area (Å²) < 4.78 is 45.9. The van der Waals surface area contributed by atoms with Gasteiger partial charge in [0.2, 0.25) is 5.91 Å². The van der Waals surface area contributed by atoms with E-state index in [1.165, 1.54) is 0 Å². The van der Waals surface area contributed by atoms with E-state index in [0.717, 1.165) is 30.7 Å². The summed E-state index contributed by atoms with van der Waals surface area (Å²) in [6, 6.07) is 11.3. The normalized spacial score (nSPS) is 14.6. The minimum atomic E-state index is -1.63. The molecule has 1 heterocycles. The molecule has 0 saturated carbocycles. The molecule has 1 aliphatic rings. The lowest BCUT2D eigenvalue weighted by Crippen LogP contribution is -2.49. The van der Waals surface area contributed by atoms with E-state index in [2.05, 4.69) is 15.6 Å². The number of nitrogens with zero attached hydrogens (tertiary/aromatic N) is 2. The molecule has 10 heteroatoms. The van der Waals surface area contributed by atoms with Crippen LogP contribution in [0.1, 0.15) is 12.8 Å². The van der Waals surface area contributed by atoms with Crippen molar-refractivity contribution >= 4 is 41.5 Å². The number of para-hydroxylation sites is 1. The summed E-state index contributed by atoms with van der Waals surface area (Å²) in [5.74, 6) is -3.63. The predicted molar refractivity (Wildman–Crippen MR) is 123 cm³/mol. The van der Waals surface area contributed by atoms with Crippen LogP contribution < -0.4 is 15.4 Å². The minimum Gasteiger partial charge on any atom is -0.490 e. The fourth-order valence-corrected chi connectivity index (χ4v) is 3.19. The molecule has 1 aliphatic heterocycles. The van der Waals surface area contributed by atoms with E-state index in [-0.39, 0.29) is 36.6 Å². The van der Waals surface area contributed by atoms with Gasteiger partial charge in [0, 0.05) is 33.0 Å². The minimum absolute atomic E-state index is 0. The van der Waals surface area contributed by atoms with Crippen molar-refractivity contribution in [1.29, 1.82) is 0 Å². The van der Waals surface area contributed by atoms with Crippen molar-refractivity contribution in [2.75, 3.05) is 32.0 Å². The molecule has 0 bridgehead atoms. The molecule has 1 saturated heterocycles.